The fraction of sp³-hybridized carbons (Fsp3) is 0.500. The number of methoxy groups -OCH3 is 2. The Labute approximate surface area is 126 Å². The monoisotopic (exact) mass is 377 g/mol. The van der Waals surface area contributed by atoms with Gasteiger partial charge in [-0.25, -0.2) is 0 Å². The Hall–Kier alpha value is -1.09. The summed E-state index contributed by atoms with van der Waals surface area (Å²) >= 11 is 3.11. The average Bonchev–Trinajstić information content (AvgIpc) is 2.39. The normalized spacial score (nSPS) is 14.0. The van der Waals surface area contributed by atoms with Crippen molar-refractivity contribution < 1.29 is 31.4 Å². The Kier molecular flexibility index (Phi) is 5.43. The standard InChI is InChI=1S/C12H13BrF5NO2/c1-19-10(11(14,15)12(16,17)18)6-4-9(21-3)7(13)5-8(6)20-2/h4-5,10,19H,1-3H3. The summed E-state index contributed by atoms with van der Waals surface area (Å²) in [6.07, 6.45) is -5.70. The van der Waals surface area contributed by atoms with Crippen LogP contribution in [0.3, 0.4) is 0 Å². The van der Waals surface area contributed by atoms with Crippen molar-refractivity contribution in [1.29, 1.82) is 0 Å². The second-order valence-corrected chi connectivity index (χ2v) is 4.93. The van der Waals surface area contributed by atoms with Crippen LogP contribution in [0.5, 0.6) is 11.5 Å². The zero-order valence-corrected chi connectivity index (χ0v) is 12.9. The van der Waals surface area contributed by atoms with Crippen molar-refractivity contribution in [1.82, 2.24) is 5.32 Å². The minimum absolute atomic E-state index is 0.115. The summed E-state index contributed by atoms with van der Waals surface area (Å²) in [5, 5.41) is 1.99. The zero-order chi connectivity index (χ0) is 16.4. The van der Waals surface area contributed by atoms with E-state index in [4.69, 9.17) is 9.47 Å². The van der Waals surface area contributed by atoms with E-state index in [0.717, 1.165) is 13.1 Å². The summed E-state index contributed by atoms with van der Waals surface area (Å²) < 4.78 is 75.2. The quantitative estimate of drug-likeness (QED) is 0.788. The number of halogens is 6. The van der Waals surface area contributed by atoms with Crippen LogP contribution < -0.4 is 14.8 Å². The highest BCUT2D eigenvalue weighted by Crippen LogP contribution is 2.47. The lowest BCUT2D eigenvalue weighted by atomic mass is 9.98. The van der Waals surface area contributed by atoms with Crippen molar-refractivity contribution in [2.24, 2.45) is 0 Å². The third-order valence-electron chi connectivity index (χ3n) is 2.84. The molecule has 0 radical (unpaired) electrons. The summed E-state index contributed by atoms with van der Waals surface area (Å²) in [6.45, 7) is 0. The number of benzene rings is 1. The van der Waals surface area contributed by atoms with Gasteiger partial charge in [-0.3, -0.25) is 0 Å². The second-order valence-electron chi connectivity index (χ2n) is 4.07. The Morgan fingerprint density at radius 3 is 1.95 bits per heavy atom. The minimum Gasteiger partial charge on any atom is -0.496 e. The zero-order valence-electron chi connectivity index (χ0n) is 11.3. The van der Waals surface area contributed by atoms with Gasteiger partial charge in [0, 0.05) is 5.56 Å². The molecule has 21 heavy (non-hydrogen) atoms. The number of alkyl halides is 5. The molecule has 1 rings (SSSR count). The molecule has 1 unspecified atom stereocenters. The molecule has 9 heteroatoms. The van der Waals surface area contributed by atoms with Crippen molar-refractivity contribution in [3.63, 3.8) is 0 Å². The van der Waals surface area contributed by atoms with E-state index in [2.05, 4.69) is 15.9 Å². The van der Waals surface area contributed by atoms with E-state index in [9.17, 15) is 22.0 Å². The van der Waals surface area contributed by atoms with E-state index in [1.54, 1.807) is 0 Å². The van der Waals surface area contributed by atoms with Crippen LogP contribution in [0.4, 0.5) is 22.0 Å². The van der Waals surface area contributed by atoms with E-state index in [1.165, 1.54) is 20.3 Å². The molecular weight excluding hydrogens is 365 g/mol. The smallest absolute Gasteiger partial charge is 0.455 e. The van der Waals surface area contributed by atoms with E-state index >= 15 is 0 Å². The maximum Gasteiger partial charge on any atom is 0.455 e. The van der Waals surface area contributed by atoms with E-state index in [0.29, 0.717) is 4.47 Å². The van der Waals surface area contributed by atoms with Crippen LogP contribution in [0.2, 0.25) is 0 Å². The largest absolute Gasteiger partial charge is 0.496 e. The average molecular weight is 378 g/mol. The van der Waals surface area contributed by atoms with Crippen molar-refractivity contribution in [2.75, 3.05) is 21.3 Å². The van der Waals surface area contributed by atoms with E-state index in [1.807, 2.05) is 5.32 Å². The van der Waals surface area contributed by atoms with Crippen LogP contribution in [0.25, 0.3) is 0 Å². The fourth-order valence-electron chi connectivity index (χ4n) is 1.81. The fourth-order valence-corrected chi connectivity index (χ4v) is 2.29. The van der Waals surface area contributed by atoms with Gasteiger partial charge in [0.1, 0.15) is 17.5 Å². The topological polar surface area (TPSA) is 30.5 Å². The van der Waals surface area contributed by atoms with Crippen LogP contribution in [-0.2, 0) is 0 Å². The van der Waals surface area contributed by atoms with Crippen LogP contribution in [0, 0.1) is 0 Å². The molecule has 1 aromatic carbocycles. The first-order chi connectivity index (χ1) is 9.60. The molecular formula is C12H13BrF5NO2. The lowest BCUT2D eigenvalue weighted by Crippen LogP contribution is -2.47. The van der Waals surface area contributed by atoms with Gasteiger partial charge in [-0.2, -0.15) is 22.0 Å². The molecule has 0 aliphatic carbocycles. The molecule has 0 bridgehead atoms. The molecule has 0 saturated carbocycles. The Balaban J connectivity index is 3.47. The van der Waals surface area contributed by atoms with Gasteiger partial charge in [-0.05, 0) is 35.1 Å². The van der Waals surface area contributed by atoms with Crippen LogP contribution in [0.15, 0.2) is 16.6 Å². The molecule has 0 heterocycles. The van der Waals surface area contributed by atoms with Gasteiger partial charge < -0.3 is 14.8 Å². The molecule has 1 atom stereocenters. The first-order valence-electron chi connectivity index (χ1n) is 5.63. The summed E-state index contributed by atoms with van der Waals surface area (Å²) in [4.78, 5) is 0. The molecule has 0 aromatic heterocycles. The Morgan fingerprint density at radius 2 is 1.57 bits per heavy atom. The SMILES string of the molecule is CNC(c1cc(OC)c(Br)cc1OC)C(F)(F)C(F)(F)F. The number of ether oxygens (including phenoxy) is 2. The lowest BCUT2D eigenvalue weighted by Gasteiger charge is -2.29. The summed E-state index contributed by atoms with van der Waals surface area (Å²) in [5.41, 5.74) is -0.359. The number of hydrogen-bond acceptors (Lipinski definition) is 3. The predicted molar refractivity (Wildman–Crippen MR) is 70.0 cm³/mol. The maximum atomic E-state index is 13.6. The summed E-state index contributed by atoms with van der Waals surface area (Å²) in [6, 6.07) is 0.0313. The number of rotatable bonds is 5. The van der Waals surface area contributed by atoms with Crippen LogP contribution in [-0.4, -0.2) is 33.4 Å². The first-order valence-corrected chi connectivity index (χ1v) is 6.42. The van der Waals surface area contributed by atoms with Gasteiger partial charge in [0.2, 0.25) is 0 Å². The highest BCUT2D eigenvalue weighted by molar-refractivity contribution is 9.10. The maximum absolute atomic E-state index is 13.6. The number of nitrogens with one attached hydrogen (secondary N) is 1. The predicted octanol–water partition coefficient (Wildman–Crippen LogP) is 3.92. The molecule has 1 N–H and O–H groups in total. The molecule has 0 saturated heterocycles. The van der Waals surface area contributed by atoms with Crippen molar-refractivity contribution in [3.05, 3.63) is 22.2 Å². The summed E-state index contributed by atoms with van der Waals surface area (Å²) in [7, 11) is 3.46. The Morgan fingerprint density at radius 1 is 1.05 bits per heavy atom. The molecule has 0 spiro atoms. The van der Waals surface area contributed by atoms with Crippen molar-refractivity contribution in [3.8, 4) is 11.5 Å². The second kappa shape index (κ2) is 6.35. The molecule has 0 fully saturated rings. The van der Waals surface area contributed by atoms with E-state index < -0.39 is 18.1 Å². The molecule has 1 aromatic rings. The van der Waals surface area contributed by atoms with Gasteiger partial charge in [-0.1, -0.05) is 0 Å². The highest BCUT2D eigenvalue weighted by Gasteiger charge is 2.63. The molecule has 3 nitrogen and oxygen atoms in total. The Bertz CT molecular complexity index is 507. The minimum atomic E-state index is -5.70. The molecule has 0 aliphatic heterocycles. The van der Waals surface area contributed by atoms with Gasteiger partial charge in [0.15, 0.2) is 0 Å². The van der Waals surface area contributed by atoms with Gasteiger partial charge in [0.25, 0.3) is 0 Å². The van der Waals surface area contributed by atoms with Crippen molar-refractivity contribution in [2.45, 2.75) is 18.1 Å². The van der Waals surface area contributed by atoms with Crippen LogP contribution >= 0.6 is 15.9 Å². The third-order valence-corrected chi connectivity index (χ3v) is 3.46. The molecule has 0 amide bonds. The highest BCUT2D eigenvalue weighted by atomic mass is 79.9. The molecule has 120 valence electrons. The van der Waals surface area contributed by atoms with E-state index in [-0.39, 0.29) is 17.1 Å². The molecule has 0 aliphatic rings. The van der Waals surface area contributed by atoms with Gasteiger partial charge in [0.05, 0.1) is 18.7 Å². The van der Waals surface area contributed by atoms with Gasteiger partial charge in [-0.15, -0.1) is 0 Å². The number of hydrogen-bond donors (Lipinski definition) is 1. The lowest BCUT2D eigenvalue weighted by molar-refractivity contribution is -0.294. The van der Waals surface area contributed by atoms with Crippen molar-refractivity contribution >= 4 is 15.9 Å². The van der Waals surface area contributed by atoms with Gasteiger partial charge >= 0.3 is 12.1 Å². The van der Waals surface area contributed by atoms with Crippen LogP contribution in [0.1, 0.15) is 11.6 Å². The third kappa shape index (κ3) is 3.39. The first kappa shape index (κ1) is 18.0. The summed E-state index contributed by atoms with van der Waals surface area (Å²) in [5.74, 6) is -4.98.